The number of benzene rings is 3. The zero-order valence-corrected chi connectivity index (χ0v) is 23.2. The van der Waals surface area contributed by atoms with Crippen molar-refractivity contribution in [1.29, 1.82) is 0 Å². The number of hydrogen-bond acceptors (Lipinski definition) is 10. The van der Waals surface area contributed by atoms with Crippen LogP contribution in [0.3, 0.4) is 0 Å². The fourth-order valence-corrected chi connectivity index (χ4v) is 6.05. The highest BCUT2D eigenvalue weighted by Gasteiger charge is 2.61. The maximum Gasteiger partial charge on any atom is 0.343 e. The molecule has 45 heavy (non-hydrogen) atoms. The highest BCUT2D eigenvalue weighted by Crippen LogP contribution is 2.52. The van der Waals surface area contributed by atoms with E-state index in [1.54, 1.807) is 0 Å². The summed E-state index contributed by atoms with van der Waals surface area (Å²) in [5, 5.41) is 23.5. The van der Waals surface area contributed by atoms with E-state index in [2.05, 4.69) is 0 Å². The summed E-state index contributed by atoms with van der Waals surface area (Å²) in [5.41, 5.74) is -0.392. The number of allylic oxidation sites excluding steroid dienone is 2. The lowest BCUT2D eigenvalue weighted by Gasteiger charge is -2.30. The van der Waals surface area contributed by atoms with Crippen LogP contribution in [0.15, 0.2) is 84.9 Å². The average molecular weight is 611 g/mol. The molecule has 1 saturated carbocycles. The van der Waals surface area contributed by atoms with Crippen LogP contribution in [0.5, 0.6) is 5.75 Å². The molecule has 0 N–H and O–H groups in total. The molecule has 3 aliphatic rings. The predicted molar refractivity (Wildman–Crippen MR) is 153 cm³/mol. The molecule has 1 heterocycles. The van der Waals surface area contributed by atoms with Crippen molar-refractivity contribution in [3.8, 4) is 5.75 Å². The van der Waals surface area contributed by atoms with Gasteiger partial charge in [-0.1, -0.05) is 12.2 Å². The number of imide groups is 1. The van der Waals surface area contributed by atoms with Gasteiger partial charge in [0.05, 0.1) is 27.2 Å². The number of hydrazine groups is 1. The summed E-state index contributed by atoms with van der Waals surface area (Å²) < 4.78 is 5.28. The zero-order valence-electron chi connectivity index (χ0n) is 23.2. The van der Waals surface area contributed by atoms with Gasteiger partial charge < -0.3 is 4.74 Å². The monoisotopic (exact) mass is 610 g/mol. The van der Waals surface area contributed by atoms with Gasteiger partial charge in [-0.2, -0.15) is 5.01 Å². The third-order valence-electron chi connectivity index (χ3n) is 8.24. The summed E-state index contributed by atoms with van der Waals surface area (Å²) in [7, 11) is 0. The smallest absolute Gasteiger partial charge is 0.343 e. The van der Waals surface area contributed by atoms with Crippen LogP contribution in [0.2, 0.25) is 0 Å². The average Bonchev–Trinajstić information content (AvgIpc) is 3.73. The molecule has 3 amide bonds. The van der Waals surface area contributed by atoms with E-state index < -0.39 is 57.7 Å². The maximum atomic E-state index is 13.7. The number of carbonyl (C=O) groups excluding carboxylic acids is 5. The van der Waals surface area contributed by atoms with Gasteiger partial charge in [0.1, 0.15) is 12.3 Å². The molecule has 2 bridgehead atoms. The summed E-state index contributed by atoms with van der Waals surface area (Å²) in [6.07, 6.45) is 4.45. The van der Waals surface area contributed by atoms with Crippen LogP contribution < -0.4 is 4.74 Å². The first-order chi connectivity index (χ1) is 21.5. The van der Waals surface area contributed by atoms with Crippen LogP contribution in [0.1, 0.15) is 37.5 Å². The van der Waals surface area contributed by atoms with Crippen LogP contribution in [-0.4, -0.2) is 55.9 Å². The van der Waals surface area contributed by atoms with E-state index in [4.69, 9.17) is 4.74 Å². The number of Topliss-reactive ketones (excluding diaryl/α,β-unsaturated/α-hetero) is 1. The Morgan fingerprint density at radius 2 is 1.20 bits per heavy atom. The van der Waals surface area contributed by atoms with Crippen molar-refractivity contribution in [1.82, 2.24) is 10.0 Å². The second-order valence-electron chi connectivity index (χ2n) is 10.8. The number of rotatable bonds is 9. The first-order valence-corrected chi connectivity index (χ1v) is 13.8. The van der Waals surface area contributed by atoms with Gasteiger partial charge in [0, 0.05) is 35.4 Å². The lowest BCUT2D eigenvalue weighted by Crippen LogP contribution is -2.52. The van der Waals surface area contributed by atoms with E-state index in [-0.39, 0.29) is 45.7 Å². The number of ether oxygens (including phenoxy) is 1. The van der Waals surface area contributed by atoms with Gasteiger partial charge in [0.15, 0.2) is 5.78 Å². The third-order valence-corrected chi connectivity index (χ3v) is 8.24. The maximum absolute atomic E-state index is 13.7. The van der Waals surface area contributed by atoms with Gasteiger partial charge >= 0.3 is 5.97 Å². The molecular weight excluding hydrogens is 588 g/mol. The molecular formula is C31H22N4O10. The summed E-state index contributed by atoms with van der Waals surface area (Å²) in [5.74, 6) is -4.97. The van der Waals surface area contributed by atoms with E-state index in [1.807, 2.05) is 12.2 Å². The van der Waals surface area contributed by atoms with Gasteiger partial charge in [0.2, 0.25) is 0 Å². The Hall–Kier alpha value is -6.05. The Morgan fingerprint density at radius 1 is 0.733 bits per heavy atom. The number of carbonyl (C=O) groups is 5. The molecule has 4 atom stereocenters. The first-order valence-electron chi connectivity index (χ1n) is 13.8. The number of non-ortho nitro benzene ring substituents is 2. The number of fused-ring (bicyclic) bond motifs is 5. The Kier molecular flexibility index (Phi) is 7.24. The van der Waals surface area contributed by atoms with Gasteiger partial charge in [-0.25, -0.2) is 9.80 Å². The number of nitro groups is 2. The molecule has 3 aromatic carbocycles. The quantitative estimate of drug-likeness (QED) is 0.0656. The molecule has 3 aromatic rings. The van der Waals surface area contributed by atoms with E-state index >= 15 is 0 Å². The fraction of sp³-hybridized carbons (Fsp3) is 0.194. The number of nitro benzene ring substituents is 2. The van der Waals surface area contributed by atoms with Crippen molar-refractivity contribution in [2.24, 2.45) is 23.7 Å². The van der Waals surface area contributed by atoms with Crippen molar-refractivity contribution in [3.63, 3.8) is 0 Å². The van der Waals surface area contributed by atoms with Gasteiger partial charge in [0.25, 0.3) is 29.1 Å². The largest absolute Gasteiger partial charge is 0.423 e. The Labute approximate surface area is 253 Å². The van der Waals surface area contributed by atoms with Crippen molar-refractivity contribution >= 4 is 40.8 Å². The normalized spacial score (nSPS) is 21.0. The first kappa shape index (κ1) is 29.0. The minimum atomic E-state index is -0.867. The molecule has 2 fully saturated rings. The van der Waals surface area contributed by atoms with Gasteiger partial charge in [-0.3, -0.25) is 39.4 Å². The van der Waals surface area contributed by atoms with E-state index in [0.29, 0.717) is 6.42 Å². The summed E-state index contributed by atoms with van der Waals surface area (Å²) in [6, 6.07) is 14.7. The van der Waals surface area contributed by atoms with E-state index in [0.717, 1.165) is 34.3 Å². The van der Waals surface area contributed by atoms with Crippen LogP contribution in [0, 0.1) is 43.9 Å². The molecule has 14 heteroatoms. The molecule has 226 valence electrons. The SMILES string of the molecule is O=C(CN(C(=O)c1ccc([N+](=O)[O-])cc1)N1C(=O)[C@@H]2[C@H](C1=O)[C@H]1C=C[C@H]2C1)c1ccc(OC(=O)c2ccc([N+](=O)[O-])cc2)cc1. The zero-order chi connectivity index (χ0) is 32.0. The van der Waals surface area contributed by atoms with Crippen LogP contribution in [-0.2, 0) is 9.59 Å². The highest BCUT2D eigenvalue weighted by molar-refractivity contribution is 6.10. The van der Waals surface area contributed by atoms with Crippen LogP contribution >= 0.6 is 0 Å². The fourth-order valence-electron chi connectivity index (χ4n) is 6.05. The number of amides is 3. The second kappa shape index (κ2) is 11.2. The Morgan fingerprint density at radius 3 is 1.69 bits per heavy atom. The minimum absolute atomic E-state index is 0.0643. The van der Waals surface area contributed by atoms with Crippen LogP contribution in [0.4, 0.5) is 11.4 Å². The lowest BCUT2D eigenvalue weighted by molar-refractivity contribution is -0.385. The molecule has 2 aliphatic carbocycles. The van der Waals surface area contributed by atoms with Crippen molar-refractivity contribution in [2.45, 2.75) is 6.42 Å². The number of ketones is 1. The minimum Gasteiger partial charge on any atom is -0.423 e. The van der Waals surface area contributed by atoms with Crippen molar-refractivity contribution in [3.05, 3.63) is 122 Å². The Bertz CT molecular complexity index is 1770. The van der Waals surface area contributed by atoms with Gasteiger partial charge in [-0.05, 0) is 66.8 Å². The van der Waals surface area contributed by atoms with Gasteiger partial charge in [-0.15, -0.1) is 0 Å². The predicted octanol–water partition coefficient (Wildman–Crippen LogP) is 3.77. The summed E-state index contributed by atoms with van der Waals surface area (Å²) in [4.78, 5) is 87.3. The highest BCUT2D eigenvalue weighted by atomic mass is 16.6. The number of esters is 1. The molecule has 1 saturated heterocycles. The lowest BCUT2D eigenvalue weighted by atomic mass is 9.85. The molecule has 1 aliphatic heterocycles. The van der Waals surface area contributed by atoms with Crippen molar-refractivity contribution in [2.75, 3.05) is 6.54 Å². The number of nitrogens with zero attached hydrogens (tertiary/aromatic N) is 4. The Balaban J connectivity index is 1.22. The molecule has 14 nitrogen and oxygen atoms in total. The van der Waals surface area contributed by atoms with E-state index in [9.17, 15) is 44.2 Å². The van der Waals surface area contributed by atoms with Crippen LogP contribution in [0.25, 0.3) is 0 Å². The molecule has 6 rings (SSSR count). The molecule has 0 spiro atoms. The standard InChI is InChI=1S/C31H22N4O10/c36-25(17-7-13-24(14-8-17)45-31(40)19-5-11-23(12-6-19)35(43)44)16-32(28(37)18-3-9-22(10-4-18)34(41)42)33-29(38)26-20-1-2-21(15-20)27(26)30(33)39/h1-14,20-21,26-27H,15-16H2/t20-,21-,26-,27+/m0/s1. The molecule has 0 radical (unpaired) electrons. The number of hydrogen-bond donors (Lipinski definition) is 0. The topological polar surface area (TPSA) is 187 Å². The van der Waals surface area contributed by atoms with Crippen molar-refractivity contribution < 1.29 is 38.6 Å². The summed E-state index contributed by atoms with van der Waals surface area (Å²) >= 11 is 0. The summed E-state index contributed by atoms with van der Waals surface area (Å²) in [6.45, 7) is -0.697. The molecule has 0 unspecified atom stereocenters. The second-order valence-corrected chi connectivity index (χ2v) is 10.8. The molecule has 0 aromatic heterocycles. The third kappa shape index (κ3) is 5.22. The van der Waals surface area contributed by atoms with E-state index in [1.165, 1.54) is 48.5 Å².